The first-order chi connectivity index (χ1) is 11.9. The zero-order valence-corrected chi connectivity index (χ0v) is 16.2. The maximum absolute atomic E-state index is 2.49. The van der Waals surface area contributed by atoms with Crippen molar-refractivity contribution in [2.45, 2.75) is 59.4 Å². The number of nitrogens with zero attached hydrogens (tertiary/aromatic N) is 1. The molecule has 1 aliphatic heterocycles. The van der Waals surface area contributed by atoms with Gasteiger partial charge in [0.1, 0.15) is 0 Å². The normalized spacial score (nSPS) is 19.2. The third kappa shape index (κ3) is 2.40. The Morgan fingerprint density at radius 3 is 2.44 bits per heavy atom. The first-order valence-electron chi connectivity index (χ1n) is 9.47. The third-order valence-corrected chi connectivity index (χ3v) is 6.07. The molecule has 1 heteroatoms. The van der Waals surface area contributed by atoms with Crippen molar-refractivity contribution in [3.63, 3.8) is 0 Å². The van der Waals surface area contributed by atoms with Crippen LogP contribution >= 0.6 is 0 Å². The molecule has 0 saturated heterocycles. The minimum atomic E-state index is 0.470. The van der Waals surface area contributed by atoms with Crippen LogP contribution in [0.3, 0.4) is 0 Å². The number of hydrogen-bond donors (Lipinski definition) is 0. The van der Waals surface area contributed by atoms with E-state index in [9.17, 15) is 0 Å². The molecule has 0 spiro atoms. The molecule has 0 N–H and O–H groups in total. The first-order valence-corrected chi connectivity index (χ1v) is 9.47. The van der Waals surface area contributed by atoms with E-state index in [2.05, 4.69) is 88.7 Å². The second-order valence-corrected chi connectivity index (χ2v) is 8.15. The van der Waals surface area contributed by atoms with Crippen LogP contribution < -0.4 is 4.57 Å². The van der Waals surface area contributed by atoms with Crippen molar-refractivity contribution >= 4 is 10.8 Å². The molecule has 1 nitrogen and oxygen atoms in total. The second kappa shape index (κ2) is 5.69. The topological polar surface area (TPSA) is 3.88 Å². The standard InChI is InChI=1S/C24H28N/c1-14(2)19-7-8-21-20(13-19)9-10-25-18(6)17(5)23-16(4)11-15(3)12-22(23)24(21)25/h7-14,17-18H,1-6H3/q+1. The van der Waals surface area contributed by atoms with Crippen LogP contribution in [-0.2, 0) is 0 Å². The number of rotatable bonds is 1. The number of fused-ring (bicyclic) bond motifs is 5. The monoisotopic (exact) mass is 330 g/mol. The molecular formula is C24H28N+. The maximum Gasteiger partial charge on any atom is 0.220 e. The van der Waals surface area contributed by atoms with Crippen molar-refractivity contribution in [3.8, 4) is 11.3 Å². The predicted molar refractivity (Wildman–Crippen MR) is 106 cm³/mol. The Morgan fingerprint density at radius 1 is 0.960 bits per heavy atom. The lowest BCUT2D eigenvalue weighted by atomic mass is 9.80. The minimum Gasteiger partial charge on any atom is -0.195 e. The maximum atomic E-state index is 2.49. The van der Waals surface area contributed by atoms with Crippen molar-refractivity contribution in [2.24, 2.45) is 0 Å². The lowest BCUT2D eigenvalue weighted by Crippen LogP contribution is -2.45. The lowest BCUT2D eigenvalue weighted by molar-refractivity contribution is -0.713. The summed E-state index contributed by atoms with van der Waals surface area (Å²) in [5.41, 5.74) is 8.52. The molecule has 1 aliphatic rings. The van der Waals surface area contributed by atoms with Crippen molar-refractivity contribution in [2.75, 3.05) is 0 Å². The fourth-order valence-electron chi connectivity index (χ4n) is 4.55. The number of aromatic nitrogens is 1. The van der Waals surface area contributed by atoms with Gasteiger partial charge in [0.15, 0.2) is 12.2 Å². The van der Waals surface area contributed by atoms with Gasteiger partial charge < -0.3 is 0 Å². The summed E-state index contributed by atoms with van der Waals surface area (Å²) in [4.78, 5) is 0. The van der Waals surface area contributed by atoms with Gasteiger partial charge in [-0.15, -0.1) is 0 Å². The largest absolute Gasteiger partial charge is 0.220 e. The average molecular weight is 330 g/mol. The van der Waals surface area contributed by atoms with Gasteiger partial charge in [-0.05, 0) is 60.9 Å². The molecule has 0 bridgehead atoms. The number of aryl methyl sites for hydroxylation is 2. The Morgan fingerprint density at radius 2 is 1.72 bits per heavy atom. The molecule has 2 unspecified atom stereocenters. The molecule has 0 saturated carbocycles. The summed E-state index contributed by atoms with van der Waals surface area (Å²) >= 11 is 0. The summed E-state index contributed by atoms with van der Waals surface area (Å²) in [6.07, 6.45) is 2.30. The van der Waals surface area contributed by atoms with Crippen LogP contribution in [-0.4, -0.2) is 0 Å². The van der Waals surface area contributed by atoms with Gasteiger partial charge in [-0.25, -0.2) is 0 Å². The fourth-order valence-corrected chi connectivity index (χ4v) is 4.55. The van der Waals surface area contributed by atoms with E-state index >= 15 is 0 Å². The smallest absolute Gasteiger partial charge is 0.195 e. The summed E-state index contributed by atoms with van der Waals surface area (Å²) in [6.45, 7) is 13.7. The van der Waals surface area contributed by atoms with Gasteiger partial charge in [-0.2, -0.15) is 4.57 Å². The molecule has 1 aromatic heterocycles. The van der Waals surface area contributed by atoms with Crippen LogP contribution in [0.1, 0.15) is 67.8 Å². The summed E-state index contributed by atoms with van der Waals surface area (Å²) in [7, 11) is 0. The molecule has 2 atom stereocenters. The quantitative estimate of drug-likeness (QED) is 0.467. The first kappa shape index (κ1) is 16.3. The minimum absolute atomic E-state index is 0.470. The van der Waals surface area contributed by atoms with Crippen molar-refractivity contribution < 1.29 is 4.57 Å². The van der Waals surface area contributed by atoms with Crippen molar-refractivity contribution in [1.82, 2.24) is 0 Å². The Hall–Kier alpha value is -2.15. The summed E-state index contributed by atoms with van der Waals surface area (Å²) in [5, 5.41) is 2.72. The highest BCUT2D eigenvalue weighted by molar-refractivity contribution is 5.94. The Kier molecular flexibility index (Phi) is 3.72. The van der Waals surface area contributed by atoms with Gasteiger partial charge in [0.25, 0.3) is 0 Å². The molecular weight excluding hydrogens is 302 g/mol. The lowest BCUT2D eigenvalue weighted by Gasteiger charge is -2.28. The van der Waals surface area contributed by atoms with E-state index in [4.69, 9.17) is 0 Å². The molecule has 0 amide bonds. The zero-order valence-electron chi connectivity index (χ0n) is 16.2. The van der Waals surface area contributed by atoms with E-state index in [-0.39, 0.29) is 0 Å². The van der Waals surface area contributed by atoms with Crippen LogP contribution in [0.5, 0.6) is 0 Å². The molecule has 4 rings (SSSR count). The Balaban J connectivity index is 2.10. The van der Waals surface area contributed by atoms with E-state index in [1.807, 2.05) is 0 Å². The van der Waals surface area contributed by atoms with Crippen LogP contribution in [0.15, 0.2) is 42.6 Å². The highest BCUT2D eigenvalue weighted by atomic mass is 15.0. The van der Waals surface area contributed by atoms with Gasteiger partial charge in [0, 0.05) is 12.0 Å². The number of benzene rings is 2. The number of hydrogen-bond acceptors (Lipinski definition) is 0. The summed E-state index contributed by atoms with van der Waals surface area (Å²) in [6, 6.07) is 14.5. The Bertz CT molecular complexity index is 981. The zero-order chi connectivity index (χ0) is 17.9. The van der Waals surface area contributed by atoms with E-state index in [0.29, 0.717) is 17.9 Å². The van der Waals surface area contributed by atoms with Crippen LogP contribution in [0.25, 0.3) is 22.0 Å². The molecule has 0 fully saturated rings. The van der Waals surface area contributed by atoms with Gasteiger partial charge in [0.05, 0.1) is 10.9 Å². The van der Waals surface area contributed by atoms with E-state index < -0.39 is 0 Å². The molecule has 128 valence electrons. The molecule has 2 heterocycles. The average Bonchev–Trinajstić information content (AvgIpc) is 2.57. The second-order valence-electron chi connectivity index (χ2n) is 8.15. The van der Waals surface area contributed by atoms with Gasteiger partial charge in [-0.1, -0.05) is 44.5 Å². The Labute approximate surface area is 151 Å². The highest BCUT2D eigenvalue weighted by Crippen LogP contribution is 2.42. The number of pyridine rings is 1. The van der Waals surface area contributed by atoms with Crippen LogP contribution in [0, 0.1) is 13.8 Å². The molecule has 2 aromatic carbocycles. The third-order valence-electron chi connectivity index (χ3n) is 6.07. The van der Waals surface area contributed by atoms with E-state index in [1.165, 1.54) is 44.3 Å². The molecule has 3 aromatic rings. The van der Waals surface area contributed by atoms with E-state index in [1.54, 1.807) is 0 Å². The SMILES string of the molecule is Cc1cc(C)c2c(c1)-c1c3ccc(C(C)C)cc3cc[n+]1C(C)C2C. The van der Waals surface area contributed by atoms with Crippen LogP contribution in [0.4, 0.5) is 0 Å². The highest BCUT2D eigenvalue weighted by Gasteiger charge is 2.36. The van der Waals surface area contributed by atoms with Gasteiger partial charge in [0.2, 0.25) is 5.69 Å². The predicted octanol–water partition coefficient (Wildman–Crippen LogP) is 6.21. The molecule has 0 radical (unpaired) electrons. The van der Waals surface area contributed by atoms with Crippen LogP contribution in [0.2, 0.25) is 0 Å². The summed E-state index contributed by atoms with van der Waals surface area (Å²) in [5.74, 6) is 1.09. The van der Waals surface area contributed by atoms with Crippen molar-refractivity contribution in [3.05, 3.63) is 64.8 Å². The van der Waals surface area contributed by atoms with Crippen molar-refractivity contribution in [1.29, 1.82) is 0 Å². The van der Waals surface area contributed by atoms with Gasteiger partial charge >= 0.3 is 0 Å². The molecule has 25 heavy (non-hydrogen) atoms. The fraction of sp³-hybridized carbons (Fsp3) is 0.375. The molecule has 0 aliphatic carbocycles. The van der Waals surface area contributed by atoms with Gasteiger partial charge in [-0.3, -0.25) is 0 Å². The summed E-state index contributed by atoms with van der Waals surface area (Å²) < 4.78 is 2.49. The van der Waals surface area contributed by atoms with E-state index in [0.717, 1.165) is 0 Å².